The number of nitrogens with zero attached hydrogens (tertiary/aromatic N) is 2. The molecule has 98 valence electrons. The van der Waals surface area contributed by atoms with Gasteiger partial charge >= 0.3 is 0 Å². The van der Waals surface area contributed by atoms with Crippen molar-refractivity contribution in [2.75, 3.05) is 13.2 Å². The molecule has 0 aliphatic carbocycles. The predicted octanol–water partition coefficient (Wildman–Crippen LogP) is 1.85. The average molecular weight is 256 g/mol. The lowest BCUT2D eigenvalue weighted by Gasteiger charge is -2.33. The van der Waals surface area contributed by atoms with Crippen LogP contribution in [0.5, 0.6) is 0 Å². The van der Waals surface area contributed by atoms with Gasteiger partial charge in [0.25, 0.3) is 0 Å². The second-order valence-corrected chi connectivity index (χ2v) is 5.31. The number of aliphatic hydroxyl groups is 1. The zero-order chi connectivity index (χ0) is 12.8. The minimum atomic E-state index is -0.403. The molecule has 0 radical (unpaired) electrons. The Morgan fingerprint density at radius 1 is 1.32 bits per heavy atom. The molecule has 1 saturated heterocycles. The first-order valence-corrected chi connectivity index (χ1v) is 6.73. The lowest BCUT2D eigenvalue weighted by molar-refractivity contribution is -0.0540. The number of hydrogen-bond acceptors (Lipinski definition) is 3. The summed E-state index contributed by atoms with van der Waals surface area (Å²) in [6.45, 7) is 1.16. The van der Waals surface area contributed by atoms with Crippen LogP contribution in [0.2, 0.25) is 0 Å². The van der Waals surface area contributed by atoms with Crippen molar-refractivity contribution in [3.05, 3.63) is 42.4 Å². The highest BCUT2D eigenvalue weighted by molar-refractivity contribution is 5.69. The maximum absolute atomic E-state index is 10.3. The van der Waals surface area contributed by atoms with E-state index in [9.17, 15) is 5.11 Å². The van der Waals surface area contributed by atoms with E-state index in [4.69, 9.17) is 4.74 Å². The van der Waals surface area contributed by atoms with Gasteiger partial charge in [-0.05, 0) is 12.0 Å². The van der Waals surface area contributed by atoms with E-state index in [1.54, 1.807) is 0 Å². The Labute approximate surface area is 111 Å². The molecule has 2 aliphatic heterocycles. The van der Waals surface area contributed by atoms with Gasteiger partial charge in [0, 0.05) is 18.1 Å². The molecule has 1 fully saturated rings. The fraction of sp³-hybridized carbons (Fsp3) is 0.400. The van der Waals surface area contributed by atoms with Gasteiger partial charge in [0.05, 0.1) is 37.0 Å². The maximum atomic E-state index is 10.3. The molecular formula is C15H16N2O2. The number of ether oxygens (including phenoxy) is 1. The Balaban J connectivity index is 1.84. The molecule has 3 atom stereocenters. The molecule has 4 heteroatoms. The van der Waals surface area contributed by atoms with Crippen molar-refractivity contribution in [2.24, 2.45) is 5.92 Å². The van der Waals surface area contributed by atoms with E-state index in [1.807, 2.05) is 12.5 Å². The molecule has 0 amide bonds. The van der Waals surface area contributed by atoms with E-state index < -0.39 is 6.10 Å². The predicted molar refractivity (Wildman–Crippen MR) is 70.7 cm³/mol. The molecule has 4 nitrogen and oxygen atoms in total. The molecule has 0 saturated carbocycles. The Kier molecular flexibility index (Phi) is 2.47. The Morgan fingerprint density at radius 3 is 3.11 bits per heavy atom. The lowest BCUT2D eigenvalue weighted by Crippen LogP contribution is -2.37. The Hall–Kier alpha value is -1.65. The normalized spacial score (nSPS) is 29.0. The second-order valence-electron chi connectivity index (χ2n) is 5.31. The van der Waals surface area contributed by atoms with Gasteiger partial charge in [0.1, 0.15) is 0 Å². The van der Waals surface area contributed by atoms with Gasteiger partial charge in [-0.3, -0.25) is 0 Å². The van der Waals surface area contributed by atoms with Gasteiger partial charge in [-0.25, -0.2) is 4.98 Å². The van der Waals surface area contributed by atoms with Gasteiger partial charge in [0.2, 0.25) is 0 Å². The SMILES string of the molecule is O[C@H]1COCC[C@H]1[C@@H]1c2ccccc2-c2cncn21. The fourth-order valence-corrected chi connectivity index (χ4v) is 3.42. The first kappa shape index (κ1) is 11.2. The monoisotopic (exact) mass is 256 g/mol. The van der Waals surface area contributed by atoms with Crippen molar-refractivity contribution in [2.45, 2.75) is 18.6 Å². The number of imidazole rings is 1. The molecule has 0 bridgehead atoms. The smallest absolute Gasteiger partial charge is 0.0956 e. The third kappa shape index (κ3) is 1.57. The van der Waals surface area contributed by atoms with Crippen LogP contribution in [0, 0.1) is 5.92 Å². The van der Waals surface area contributed by atoms with Gasteiger partial charge in [-0.1, -0.05) is 24.3 Å². The molecule has 19 heavy (non-hydrogen) atoms. The maximum Gasteiger partial charge on any atom is 0.0956 e. The molecule has 0 spiro atoms. The summed E-state index contributed by atoms with van der Waals surface area (Å²) >= 11 is 0. The molecule has 2 aliphatic rings. The van der Waals surface area contributed by atoms with Gasteiger partial charge in [-0.2, -0.15) is 0 Å². The summed E-state index contributed by atoms with van der Waals surface area (Å²) in [5.41, 5.74) is 3.69. The third-order valence-electron chi connectivity index (χ3n) is 4.31. The minimum absolute atomic E-state index is 0.188. The van der Waals surface area contributed by atoms with E-state index in [1.165, 1.54) is 11.1 Å². The van der Waals surface area contributed by atoms with E-state index >= 15 is 0 Å². The highest BCUT2D eigenvalue weighted by atomic mass is 16.5. The van der Waals surface area contributed by atoms with Crippen molar-refractivity contribution in [3.8, 4) is 11.3 Å². The van der Waals surface area contributed by atoms with Crippen molar-refractivity contribution >= 4 is 0 Å². The standard InChI is InChI=1S/C15H16N2O2/c18-14-8-19-6-5-12(14)15-11-4-2-1-3-10(11)13-7-16-9-17(13)15/h1-4,7,9,12,14-15,18H,5-6,8H2/t12-,14+,15+/m1/s1. The van der Waals surface area contributed by atoms with Crippen LogP contribution in [0.15, 0.2) is 36.8 Å². The first-order valence-electron chi connectivity index (χ1n) is 6.73. The average Bonchev–Trinajstić information content (AvgIpc) is 3.00. The summed E-state index contributed by atoms with van der Waals surface area (Å²) in [6.07, 6.45) is 4.27. The second kappa shape index (κ2) is 4.18. The zero-order valence-electron chi connectivity index (χ0n) is 10.6. The molecular weight excluding hydrogens is 240 g/mol. The van der Waals surface area contributed by atoms with Gasteiger partial charge < -0.3 is 14.4 Å². The van der Waals surface area contributed by atoms with E-state index in [0.717, 1.165) is 18.7 Å². The van der Waals surface area contributed by atoms with Crippen LogP contribution in [-0.2, 0) is 4.74 Å². The summed E-state index contributed by atoms with van der Waals surface area (Å²) in [7, 11) is 0. The van der Waals surface area contributed by atoms with Crippen molar-refractivity contribution < 1.29 is 9.84 Å². The minimum Gasteiger partial charge on any atom is -0.390 e. The lowest BCUT2D eigenvalue weighted by atomic mass is 9.85. The van der Waals surface area contributed by atoms with Crippen molar-refractivity contribution in [1.29, 1.82) is 0 Å². The van der Waals surface area contributed by atoms with Gasteiger partial charge in [-0.15, -0.1) is 0 Å². The molecule has 0 unspecified atom stereocenters. The molecule has 1 aromatic carbocycles. The largest absolute Gasteiger partial charge is 0.390 e. The van der Waals surface area contributed by atoms with Crippen LogP contribution in [-0.4, -0.2) is 34.0 Å². The van der Waals surface area contributed by atoms with Crippen LogP contribution in [0.4, 0.5) is 0 Å². The number of hydrogen-bond donors (Lipinski definition) is 1. The zero-order valence-corrected chi connectivity index (χ0v) is 10.6. The van der Waals surface area contributed by atoms with Crippen LogP contribution in [0.3, 0.4) is 0 Å². The van der Waals surface area contributed by atoms with Crippen LogP contribution < -0.4 is 0 Å². The number of aromatic nitrogens is 2. The molecule has 3 heterocycles. The van der Waals surface area contributed by atoms with Crippen LogP contribution in [0.1, 0.15) is 18.0 Å². The Morgan fingerprint density at radius 2 is 2.21 bits per heavy atom. The molecule has 1 N–H and O–H groups in total. The quantitative estimate of drug-likeness (QED) is 0.847. The molecule has 4 rings (SSSR count). The summed E-state index contributed by atoms with van der Waals surface area (Å²) in [4.78, 5) is 4.26. The van der Waals surface area contributed by atoms with Crippen LogP contribution in [0.25, 0.3) is 11.3 Å². The summed E-state index contributed by atoms with van der Waals surface area (Å²) in [5, 5.41) is 10.3. The van der Waals surface area contributed by atoms with Gasteiger partial charge in [0.15, 0.2) is 0 Å². The summed E-state index contributed by atoms with van der Waals surface area (Å²) in [6, 6.07) is 8.60. The van der Waals surface area contributed by atoms with Crippen LogP contribution >= 0.6 is 0 Å². The first-order chi connectivity index (χ1) is 9.36. The topological polar surface area (TPSA) is 47.3 Å². The van der Waals surface area contributed by atoms with E-state index in [-0.39, 0.29) is 12.0 Å². The third-order valence-corrected chi connectivity index (χ3v) is 4.31. The highest BCUT2D eigenvalue weighted by Gasteiger charge is 2.38. The Bertz CT molecular complexity index is 608. The molecule has 2 aromatic rings. The summed E-state index contributed by atoms with van der Waals surface area (Å²) < 4.78 is 7.55. The number of aliphatic hydroxyl groups excluding tert-OH is 1. The number of benzene rings is 1. The fourth-order valence-electron chi connectivity index (χ4n) is 3.42. The van der Waals surface area contributed by atoms with E-state index in [0.29, 0.717) is 6.61 Å². The highest BCUT2D eigenvalue weighted by Crippen LogP contribution is 2.45. The van der Waals surface area contributed by atoms with Crippen molar-refractivity contribution in [1.82, 2.24) is 9.55 Å². The summed E-state index contributed by atoms with van der Waals surface area (Å²) in [5.74, 6) is 0.199. The number of rotatable bonds is 1. The molecule has 1 aromatic heterocycles. The van der Waals surface area contributed by atoms with E-state index in [2.05, 4.69) is 33.8 Å². The van der Waals surface area contributed by atoms with Crippen molar-refractivity contribution in [3.63, 3.8) is 0 Å². The number of fused-ring (bicyclic) bond motifs is 3.